The van der Waals surface area contributed by atoms with Crippen LogP contribution in [0.3, 0.4) is 0 Å². The van der Waals surface area contributed by atoms with Gasteiger partial charge in [0.25, 0.3) is 0 Å². The summed E-state index contributed by atoms with van der Waals surface area (Å²) in [5.41, 5.74) is 0.819. The fraction of sp³-hybridized carbons (Fsp3) is 0.562. The highest BCUT2D eigenvalue weighted by atomic mass is 32.2. The molecule has 2 atom stereocenters. The molecule has 4 nitrogen and oxygen atoms in total. The van der Waals surface area contributed by atoms with Crippen LogP contribution in [0.2, 0.25) is 0 Å². The average Bonchev–Trinajstić information content (AvgIpc) is 2.50. The minimum absolute atomic E-state index is 0.0607. The molecule has 1 heterocycles. The van der Waals surface area contributed by atoms with Crippen LogP contribution in [-0.4, -0.2) is 36.1 Å². The van der Waals surface area contributed by atoms with E-state index in [9.17, 15) is 4.79 Å². The quantitative estimate of drug-likeness (QED) is 0.848. The van der Waals surface area contributed by atoms with E-state index >= 15 is 0 Å². The molecule has 1 aliphatic rings. The van der Waals surface area contributed by atoms with Crippen LogP contribution in [0, 0.1) is 0 Å². The molecule has 21 heavy (non-hydrogen) atoms. The lowest BCUT2D eigenvalue weighted by atomic mass is 10.2. The molecule has 1 fully saturated rings. The van der Waals surface area contributed by atoms with Crippen molar-refractivity contribution in [2.45, 2.75) is 38.8 Å². The van der Waals surface area contributed by atoms with Gasteiger partial charge >= 0.3 is 0 Å². The van der Waals surface area contributed by atoms with E-state index in [1.54, 1.807) is 0 Å². The molecule has 0 aliphatic carbocycles. The van der Waals surface area contributed by atoms with E-state index in [0.29, 0.717) is 6.42 Å². The number of rotatable bonds is 6. The van der Waals surface area contributed by atoms with Gasteiger partial charge in [-0.15, -0.1) is 0 Å². The highest BCUT2D eigenvalue weighted by molar-refractivity contribution is 7.99. The Bertz CT molecular complexity index is 444. The van der Waals surface area contributed by atoms with Gasteiger partial charge in [-0.05, 0) is 37.6 Å². The third-order valence-electron chi connectivity index (χ3n) is 3.48. The van der Waals surface area contributed by atoms with Crippen molar-refractivity contribution in [1.29, 1.82) is 0 Å². The molecule has 2 rings (SSSR count). The largest absolute Gasteiger partial charge is 0.491 e. The van der Waals surface area contributed by atoms with Crippen LogP contribution in [-0.2, 0) is 4.79 Å². The number of thioether (sulfide) groups is 1. The molecule has 116 valence electrons. The standard InChI is InChI=1S/C16H24N2O2S/c1-3-12(2)20-15-6-4-13(5-7-15)18-16(19)10-14-11-21-9-8-17-14/h4-7,12,14,17H,3,8-11H2,1-2H3,(H,18,19). The van der Waals surface area contributed by atoms with Crippen molar-refractivity contribution < 1.29 is 9.53 Å². The van der Waals surface area contributed by atoms with E-state index in [-0.39, 0.29) is 18.1 Å². The fourth-order valence-corrected chi connectivity index (χ4v) is 3.07. The Hall–Kier alpha value is -1.20. The molecule has 0 aromatic heterocycles. The van der Waals surface area contributed by atoms with Crippen molar-refractivity contribution in [3.8, 4) is 5.75 Å². The van der Waals surface area contributed by atoms with Crippen LogP contribution >= 0.6 is 11.8 Å². The van der Waals surface area contributed by atoms with Crippen LogP contribution in [0.4, 0.5) is 5.69 Å². The first-order valence-electron chi connectivity index (χ1n) is 7.55. The SMILES string of the molecule is CCC(C)Oc1ccc(NC(=O)CC2CSCCN2)cc1. The lowest BCUT2D eigenvalue weighted by Crippen LogP contribution is -2.39. The summed E-state index contributed by atoms with van der Waals surface area (Å²) in [6, 6.07) is 7.86. The van der Waals surface area contributed by atoms with Crippen LogP contribution in [0.25, 0.3) is 0 Å². The number of nitrogens with one attached hydrogen (secondary N) is 2. The Labute approximate surface area is 131 Å². The lowest BCUT2D eigenvalue weighted by molar-refractivity contribution is -0.116. The zero-order valence-electron chi connectivity index (χ0n) is 12.7. The number of carbonyl (C=O) groups excluding carboxylic acids is 1. The summed E-state index contributed by atoms with van der Waals surface area (Å²) in [6.45, 7) is 5.13. The first-order valence-corrected chi connectivity index (χ1v) is 8.70. The van der Waals surface area contributed by atoms with E-state index in [1.165, 1.54) is 0 Å². The molecule has 1 aliphatic heterocycles. The Morgan fingerprint density at radius 3 is 2.86 bits per heavy atom. The summed E-state index contributed by atoms with van der Waals surface area (Å²) in [7, 11) is 0. The number of benzene rings is 1. The van der Waals surface area contributed by atoms with Gasteiger partial charge in [0.1, 0.15) is 5.75 Å². The van der Waals surface area contributed by atoms with Crippen molar-refractivity contribution >= 4 is 23.4 Å². The zero-order chi connectivity index (χ0) is 15.1. The summed E-state index contributed by atoms with van der Waals surface area (Å²) in [5, 5.41) is 6.31. The van der Waals surface area contributed by atoms with Gasteiger partial charge in [0.15, 0.2) is 0 Å². The maximum Gasteiger partial charge on any atom is 0.225 e. The predicted octanol–water partition coefficient (Wildman–Crippen LogP) is 2.90. The lowest BCUT2D eigenvalue weighted by Gasteiger charge is -2.22. The highest BCUT2D eigenvalue weighted by Gasteiger charge is 2.16. The molecular formula is C16H24N2O2S. The van der Waals surface area contributed by atoms with Gasteiger partial charge in [0.05, 0.1) is 6.10 Å². The van der Waals surface area contributed by atoms with Gasteiger partial charge in [-0.1, -0.05) is 6.92 Å². The molecule has 1 aromatic carbocycles. The molecule has 5 heteroatoms. The van der Waals surface area contributed by atoms with E-state index < -0.39 is 0 Å². The van der Waals surface area contributed by atoms with E-state index in [1.807, 2.05) is 43.0 Å². The number of ether oxygens (including phenoxy) is 1. The monoisotopic (exact) mass is 308 g/mol. The van der Waals surface area contributed by atoms with Crippen molar-refractivity contribution in [2.24, 2.45) is 0 Å². The minimum atomic E-state index is 0.0607. The number of hydrogen-bond acceptors (Lipinski definition) is 4. The highest BCUT2D eigenvalue weighted by Crippen LogP contribution is 2.18. The topological polar surface area (TPSA) is 50.4 Å². The normalized spacial score (nSPS) is 19.8. The van der Waals surface area contributed by atoms with Crippen molar-refractivity contribution in [1.82, 2.24) is 5.32 Å². The molecule has 0 spiro atoms. The second kappa shape index (κ2) is 8.29. The minimum Gasteiger partial charge on any atom is -0.491 e. The van der Waals surface area contributed by atoms with Gasteiger partial charge in [-0.2, -0.15) is 11.8 Å². The van der Waals surface area contributed by atoms with Crippen molar-refractivity contribution in [2.75, 3.05) is 23.4 Å². The fourth-order valence-electron chi connectivity index (χ4n) is 2.12. The molecule has 0 bridgehead atoms. The van der Waals surface area contributed by atoms with Crippen LogP contribution in [0.5, 0.6) is 5.75 Å². The molecule has 0 radical (unpaired) electrons. The zero-order valence-corrected chi connectivity index (χ0v) is 13.5. The van der Waals surface area contributed by atoms with Gasteiger partial charge in [0.2, 0.25) is 5.91 Å². The first-order chi connectivity index (χ1) is 10.2. The first kappa shape index (κ1) is 16.2. The van der Waals surface area contributed by atoms with Gasteiger partial charge < -0.3 is 15.4 Å². The van der Waals surface area contributed by atoms with Crippen LogP contribution in [0.15, 0.2) is 24.3 Å². The second-order valence-corrected chi connectivity index (χ2v) is 6.49. The maximum atomic E-state index is 12.0. The number of anilines is 1. The predicted molar refractivity (Wildman–Crippen MR) is 89.2 cm³/mol. The molecule has 2 N–H and O–H groups in total. The smallest absolute Gasteiger partial charge is 0.225 e. The number of carbonyl (C=O) groups is 1. The summed E-state index contributed by atoms with van der Waals surface area (Å²) in [4.78, 5) is 12.0. The molecular weight excluding hydrogens is 284 g/mol. The Kier molecular flexibility index (Phi) is 6.39. The van der Waals surface area contributed by atoms with Crippen LogP contribution < -0.4 is 15.4 Å². The maximum absolute atomic E-state index is 12.0. The Morgan fingerprint density at radius 1 is 1.48 bits per heavy atom. The van der Waals surface area contributed by atoms with Gasteiger partial charge in [-0.25, -0.2) is 0 Å². The van der Waals surface area contributed by atoms with E-state index in [0.717, 1.165) is 35.9 Å². The summed E-state index contributed by atoms with van der Waals surface area (Å²) in [6.07, 6.45) is 1.71. The van der Waals surface area contributed by atoms with Crippen molar-refractivity contribution in [3.63, 3.8) is 0 Å². The molecule has 0 saturated carbocycles. The average molecular weight is 308 g/mol. The molecule has 1 amide bonds. The number of amides is 1. The summed E-state index contributed by atoms with van der Waals surface area (Å²) < 4.78 is 5.72. The third kappa shape index (κ3) is 5.59. The Morgan fingerprint density at radius 2 is 2.24 bits per heavy atom. The summed E-state index contributed by atoms with van der Waals surface area (Å²) in [5.74, 6) is 3.04. The van der Waals surface area contributed by atoms with E-state index in [4.69, 9.17) is 4.74 Å². The van der Waals surface area contributed by atoms with Crippen LogP contribution in [0.1, 0.15) is 26.7 Å². The number of hydrogen-bond donors (Lipinski definition) is 2. The van der Waals surface area contributed by atoms with Gasteiger partial charge in [0, 0.05) is 36.2 Å². The molecule has 1 aromatic rings. The van der Waals surface area contributed by atoms with Crippen molar-refractivity contribution in [3.05, 3.63) is 24.3 Å². The molecule has 2 unspecified atom stereocenters. The third-order valence-corrected chi connectivity index (χ3v) is 4.61. The summed E-state index contributed by atoms with van der Waals surface area (Å²) >= 11 is 1.90. The molecule has 1 saturated heterocycles. The van der Waals surface area contributed by atoms with E-state index in [2.05, 4.69) is 17.6 Å². The Balaban J connectivity index is 1.80. The second-order valence-electron chi connectivity index (χ2n) is 5.34. The van der Waals surface area contributed by atoms with Gasteiger partial charge in [-0.3, -0.25) is 4.79 Å².